The van der Waals surface area contributed by atoms with Crippen LogP contribution in [0.1, 0.15) is 38.8 Å². The molecular weight excluding hydrogens is 336 g/mol. The van der Waals surface area contributed by atoms with E-state index in [0.29, 0.717) is 29.2 Å². The molecular formula is C20H24O6. The first-order valence-electron chi connectivity index (χ1n) is 8.04. The molecule has 140 valence electrons. The second-order valence-corrected chi connectivity index (χ2v) is 5.33. The number of esters is 1. The lowest BCUT2D eigenvalue weighted by molar-refractivity contribution is 0.0521. The largest absolute Gasteiger partial charge is 0.496 e. The van der Waals surface area contributed by atoms with Gasteiger partial charge in [-0.15, -0.1) is 0 Å². The third-order valence-corrected chi connectivity index (χ3v) is 3.60. The van der Waals surface area contributed by atoms with Crippen LogP contribution >= 0.6 is 0 Å². The van der Waals surface area contributed by atoms with Crippen LogP contribution in [0.15, 0.2) is 36.4 Å². The number of hydrogen-bond acceptors (Lipinski definition) is 5. The van der Waals surface area contributed by atoms with Crippen LogP contribution < -0.4 is 9.47 Å². The normalized spacial score (nSPS) is 9.58. The lowest BCUT2D eigenvalue weighted by Crippen LogP contribution is -2.08. The van der Waals surface area contributed by atoms with Crippen molar-refractivity contribution in [2.75, 3.05) is 20.8 Å². The monoisotopic (exact) mass is 360 g/mol. The number of hydrogen-bond donors (Lipinski definition) is 1. The van der Waals surface area contributed by atoms with Gasteiger partial charge in [0.2, 0.25) is 0 Å². The first kappa shape index (κ1) is 21.0. The molecule has 0 aromatic heterocycles. The van der Waals surface area contributed by atoms with Crippen LogP contribution in [0.3, 0.4) is 0 Å². The van der Waals surface area contributed by atoms with Crippen molar-refractivity contribution < 1.29 is 28.9 Å². The number of rotatable bonds is 5. The SMILES string of the molecule is CCOC(=O)c1c(C)cccc1OC.COc1cccc(C)c1C(=O)O. The lowest BCUT2D eigenvalue weighted by Gasteiger charge is -2.09. The molecule has 0 amide bonds. The molecule has 0 radical (unpaired) electrons. The minimum atomic E-state index is -0.954. The van der Waals surface area contributed by atoms with Gasteiger partial charge < -0.3 is 19.3 Å². The second kappa shape index (κ2) is 10.1. The van der Waals surface area contributed by atoms with Gasteiger partial charge in [-0.1, -0.05) is 24.3 Å². The topological polar surface area (TPSA) is 82.1 Å². The molecule has 2 aromatic rings. The summed E-state index contributed by atoms with van der Waals surface area (Å²) >= 11 is 0. The Morgan fingerprint density at radius 1 is 0.885 bits per heavy atom. The summed E-state index contributed by atoms with van der Waals surface area (Å²) in [5, 5.41) is 8.80. The van der Waals surface area contributed by atoms with Crippen LogP contribution in [-0.4, -0.2) is 37.9 Å². The van der Waals surface area contributed by atoms with E-state index in [-0.39, 0.29) is 11.5 Å². The van der Waals surface area contributed by atoms with Crippen molar-refractivity contribution in [3.05, 3.63) is 58.7 Å². The number of carbonyl (C=O) groups is 2. The van der Waals surface area contributed by atoms with Crippen molar-refractivity contribution in [1.82, 2.24) is 0 Å². The molecule has 0 aliphatic heterocycles. The zero-order valence-corrected chi connectivity index (χ0v) is 15.7. The Balaban J connectivity index is 0.000000263. The fraction of sp³-hybridized carbons (Fsp3) is 0.300. The van der Waals surface area contributed by atoms with Crippen LogP contribution in [-0.2, 0) is 4.74 Å². The van der Waals surface area contributed by atoms with Crippen LogP contribution in [0.5, 0.6) is 11.5 Å². The van der Waals surface area contributed by atoms with E-state index in [2.05, 4.69) is 0 Å². The Bertz CT molecular complexity index is 767. The fourth-order valence-electron chi connectivity index (χ4n) is 2.36. The van der Waals surface area contributed by atoms with Crippen LogP contribution in [0.2, 0.25) is 0 Å². The summed E-state index contributed by atoms with van der Waals surface area (Å²) in [5.74, 6) is -0.321. The van der Waals surface area contributed by atoms with Crippen molar-refractivity contribution in [2.45, 2.75) is 20.8 Å². The van der Waals surface area contributed by atoms with E-state index in [1.807, 2.05) is 19.1 Å². The maximum Gasteiger partial charge on any atom is 0.342 e. The summed E-state index contributed by atoms with van der Waals surface area (Å²) in [6.07, 6.45) is 0. The van der Waals surface area contributed by atoms with Crippen molar-refractivity contribution in [2.24, 2.45) is 0 Å². The predicted octanol–water partition coefficient (Wildman–Crippen LogP) is 3.88. The molecule has 0 atom stereocenters. The molecule has 0 saturated heterocycles. The van der Waals surface area contributed by atoms with Crippen molar-refractivity contribution in [1.29, 1.82) is 0 Å². The zero-order chi connectivity index (χ0) is 19.7. The van der Waals surface area contributed by atoms with E-state index >= 15 is 0 Å². The van der Waals surface area contributed by atoms with Crippen molar-refractivity contribution in [3.63, 3.8) is 0 Å². The van der Waals surface area contributed by atoms with Gasteiger partial charge in [0.25, 0.3) is 0 Å². The number of benzene rings is 2. The smallest absolute Gasteiger partial charge is 0.342 e. The molecule has 26 heavy (non-hydrogen) atoms. The highest BCUT2D eigenvalue weighted by atomic mass is 16.5. The van der Waals surface area contributed by atoms with E-state index in [0.717, 1.165) is 5.56 Å². The summed E-state index contributed by atoms with van der Waals surface area (Å²) < 4.78 is 14.9. The Labute approximate surface area is 153 Å². The maximum absolute atomic E-state index is 11.5. The molecule has 6 heteroatoms. The quantitative estimate of drug-likeness (QED) is 0.815. The Morgan fingerprint density at radius 3 is 1.73 bits per heavy atom. The average molecular weight is 360 g/mol. The molecule has 0 bridgehead atoms. The second-order valence-electron chi connectivity index (χ2n) is 5.33. The number of methoxy groups -OCH3 is 2. The predicted molar refractivity (Wildman–Crippen MR) is 98.4 cm³/mol. The van der Waals surface area contributed by atoms with E-state index in [1.54, 1.807) is 38.1 Å². The van der Waals surface area contributed by atoms with Gasteiger partial charge in [-0.3, -0.25) is 0 Å². The molecule has 0 saturated carbocycles. The molecule has 2 aromatic carbocycles. The molecule has 0 heterocycles. The Hall–Kier alpha value is -3.02. The minimum absolute atomic E-state index is 0.236. The molecule has 1 N–H and O–H groups in total. The van der Waals surface area contributed by atoms with Gasteiger partial charge in [0.15, 0.2) is 0 Å². The maximum atomic E-state index is 11.5. The molecule has 0 aliphatic carbocycles. The minimum Gasteiger partial charge on any atom is -0.496 e. The number of aromatic carboxylic acids is 1. The van der Waals surface area contributed by atoms with Crippen molar-refractivity contribution in [3.8, 4) is 11.5 Å². The Morgan fingerprint density at radius 2 is 1.35 bits per heavy atom. The average Bonchev–Trinajstić information content (AvgIpc) is 2.61. The third-order valence-electron chi connectivity index (χ3n) is 3.60. The summed E-state index contributed by atoms with van der Waals surface area (Å²) in [6.45, 7) is 5.75. The third kappa shape index (κ3) is 5.24. The molecule has 6 nitrogen and oxygen atoms in total. The van der Waals surface area contributed by atoms with E-state index in [1.165, 1.54) is 14.2 Å². The van der Waals surface area contributed by atoms with Crippen LogP contribution in [0.4, 0.5) is 0 Å². The van der Waals surface area contributed by atoms with Crippen LogP contribution in [0.25, 0.3) is 0 Å². The number of aryl methyl sites for hydroxylation is 2. The Kier molecular flexibility index (Phi) is 8.15. The molecule has 0 aliphatic rings. The van der Waals surface area contributed by atoms with E-state index in [4.69, 9.17) is 19.3 Å². The summed E-state index contributed by atoms with van der Waals surface area (Å²) in [6, 6.07) is 10.6. The van der Waals surface area contributed by atoms with Gasteiger partial charge >= 0.3 is 11.9 Å². The van der Waals surface area contributed by atoms with Gasteiger partial charge in [0.1, 0.15) is 22.6 Å². The van der Waals surface area contributed by atoms with E-state index < -0.39 is 5.97 Å². The fourth-order valence-corrected chi connectivity index (χ4v) is 2.36. The summed E-state index contributed by atoms with van der Waals surface area (Å²) in [5.41, 5.74) is 2.32. The number of ether oxygens (including phenoxy) is 3. The first-order chi connectivity index (χ1) is 12.4. The van der Waals surface area contributed by atoms with Gasteiger partial charge in [-0.2, -0.15) is 0 Å². The molecule has 0 unspecified atom stereocenters. The highest BCUT2D eigenvalue weighted by Crippen LogP contribution is 2.22. The molecule has 0 spiro atoms. The standard InChI is InChI=1S/C11H14O3.C9H10O3/c1-4-14-11(12)10-8(2)6-5-7-9(10)13-3;1-6-4-3-5-7(12-2)8(6)9(10)11/h5-7H,4H2,1-3H3;3-5H,1-2H3,(H,10,11). The number of carboxylic acid groups (broad SMARTS) is 1. The van der Waals surface area contributed by atoms with Crippen LogP contribution in [0, 0.1) is 13.8 Å². The first-order valence-corrected chi connectivity index (χ1v) is 8.04. The zero-order valence-electron chi connectivity index (χ0n) is 15.7. The highest BCUT2D eigenvalue weighted by Gasteiger charge is 2.15. The van der Waals surface area contributed by atoms with Gasteiger partial charge in [0.05, 0.1) is 20.8 Å². The van der Waals surface area contributed by atoms with E-state index in [9.17, 15) is 9.59 Å². The summed E-state index contributed by atoms with van der Waals surface area (Å²) in [7, 11) is 3.00. The lowest BCUT2D eigenvalue weighted by atomic mass is 10.1. The summed E-state index contributed by atoms with van der Waals surface area (Å²) in [4.78, 5) is 22.3. The van der Waals surface area contributed by atoms with Gasteiger partial charge in [-0.05, 0) is 44.0 Å². The number of carboxylic acids is 1. The molecule has 0 fully saturated rings. The van der Waals surface area contributed by atoms with Gasteiger partial charge in [0, 0.05) is 0 Å². The van der Waals surface area contributed by atoms with Gasteiger partial charge in [-0.25, -0.2) is 9.59 Å². The highest BCUT2D eigenvalue weighted by molar-refractivity contribution is 5.94. The molecule has 2 rings (SSSR count). The number of carbonyl (C=O) groups excluding carboxylic acids is 1. The van der Waals surface area contributed by atoms with Crippen molar-refractivity contribution >= 4 is 11.9 Å².